The quantitative estimate of drug-likeness (QED) is 0.320. The van der Waals surface area contributed by atoms with Gasteiger partial charge in [0, 0.05) is 25.1 Å². The molecule has 2 aromatic rings. The van der Waals surface area contributed by atoms with E-state index in [2.05, 4.69) is 28.1 Å². The maximum atomic E-state index is 14.2. The van der Waals surface area contributed by atoms with E-state index in [-0.39, 0.29) is 53.8 Å². The Hall–Kier alpha value is -3.15. The molecule has 2 heterocycles. The molecule has 246 valence electrons. The Morgan fingerprint density at radius 3 is 2.40 bits per heavy atom. The molecule has 1 saturated heterocycles. The third kappa shape index (κ3) is 7.15. The number of amides is 2. The van der Waals surface area contributed by atoms with Gasteiger partial charge >= 0.3 is 0 Å². The number of fused-ring (bicyclic) bond motifs is 1. The van der Waals surface area contributed by atoms with Crippen molar-refractivity contribution in [3.8, 4) is 11.5 Å². The maximum Gasteiger partial charge on any atom is 0.243 e. The monoisotopic (exact) mass is 640 g/mol. The maximum absolute atomic E-state index is 14.2. The summed E-state index contributed by atoms with van der Waals surface area (Å²) < 4.78 is 40.6. The number of hydrogen-bond acceptors (Lipinski definition) is 7. The first-order chi connectivity index (χ1) is 21.2. The second kappa shape index (κ2) is 12.9. The van der Waals surface area contributed by atoms with Gasteiger partial charge in [0.1, 0.15) is 6.04 Å². The van der Waals surface area contributed by atoms with Gasteiger partial charge in [0.05, 0.1) is 16.5 Å². The molecule has 2 fully saturated rings. The van der Waals surface area contributed by atoms with E-state index in [0.717, 1.165) is 24.9 Å². The Morgan fingerprint density at radius 1 is 1.04 bits per heavy atom. The van der Waals surface area contributed by atoms with Gasteiger partial charge < -0.3 is 25.4 Å². The number of benzene rings is 2. The Morgan fingerprint density at radius 2 is 1.76 bits per heavy atom. The molecule has 11 heteroatoms. The van der Waals surface area contributed by atoms with E-state index in [1.54, 1.807) is 12.1 Å². The summed E-state index contributed by atoms with van der Waals surface area (Å²) in [6, 6.07) is 13.6. The topological polar surface area (TPSA) is 126 Å². The molecule has 2 aromatic carbocycles. The highest BCUT2D eigenvalue weighted by atomic mass is 32.2. The summed E-state index contributed by atoms with van der Waals surface area (Å²) in [5.41, 5.74) is -0.158. The average Bonchev–Trinajstić information content (AvgIpc) is 3.32. The summed E-state index contributed by atoms with van der Waals surface area (Å²) in [6.45, 7) is 13.2. The van der Waals surface area contributed by atoms with Crippen molar-refractivity contribution in [3.05, 3.63) is 54.1 Å². The van der Waals surface area contributed by atoms with Crippen molar-refractivity contribution in [2.45, 2.75) is 89.2 Å². The number of carbonyl (C=O) groups is 2. The van der Waals surface area contributed by atoms with Crippen molar-refractivity contribution in [2.24, 2.45) is 17.3 Å². The lowest BCUT2D eigenvalue weighted by Crippen LogP contribution is -2.60. The van der Waals surface area contributed by atoms with Crippen molar-refractivity contribution >= 4 is 21.8 Å². The van der Waals surface area contributed by atoms with Gasteiger partial charge in [-0.25, -0.2) is 8.42 Å². The minimum Gasteiger partial charge on any atom is -0.454 e. The predicted octanol–water partition coefficient (Wildman–Crippen LogP) is 4.02. The molecule has 45 heavy (non-hydrogen) atoms. The number of nitrogens with zero attached hydrogens (tertiary/aromatic N) is 1. The van der Waals surface area contributed by atoms with Crippen LogP contribution in [0.25, 0.3) is 0 Å². The average molecular weight is 641 g/mol. The van der Waals surface area contributed by atoms with Crippen LogP contribution in [0.4, 0.5) is 0 Å². The SMILES string of the molecule is CC(C)CN(C[C@@H](C)C1(NC(=O)[C@@H](NC(=O)[C@@H]2CCCN2)C(C)(C)C)CC1c1ccccc1)S(=O)(=O)c1ccc2c(c1)OCO2. The molecule has 2 amide bonds. The molecule has 5 rings (SSSR count). The number of ether oxygens (including phenoxy) is 2. The van der Waals surface area contributed by atoms with Crippen molar-refractivity contribution in [1.29, 1.82) is 0 Å². The van der Waals surface area contributed by atoms with Crippen molar-refractivity contribution in [3.63, 3.8) is 0 Å². The highest BCUT2D eigenvalue weighted by Gasteiger charge is 2.60. The van der Waals surface area contributed by atoms with Gasteiger partial charge in [-0.15, -0.1) is 0 Å². The van der Waals surface area contributed by atoms with Crippen LogP contribution in [0.15, 0.2) is 53.4 Å². The molecular formula is C34H48N4O6S. The van der Waals surface area contributed by atoms with Crippen molar-refractivity contribution in [2.75, 3.05) is 26.4 Å². The fourth-order valence-electron chi connectivity index (χ4n) is 6.65. The summed E-state index contributed by atoms with van der Waals surface area (Å²) >= 11 is 0. The number of carbonyl (C=O) groups excluding carboxylic acids is 2. The largest absolute Gasteiger partial charge is 0.454 e. The summed E-state index contributed by atoms with van der Waals surface area (Å²) in [7, 11) is -3.90. The van der Waals surface area contributed by atoms with E-state index in [9.17, 15) is 18.0 Å². The van der Waals surface area contributed by atoms with E-state index in [1.807, 2.05) is 59.7 Å². The Labute approximate surface area is 267 Å². The molecule has 1 aliphatic carbocycles. The van der Waals surface area contributed by atoms with Crippen LogP contribution in [0.5, 0.6) is 11.5 Å². The molecule has 10 nitrogen and oxygen atoms in total. The lowest BCUT2D eigenvalue weighted by Gasteiger charge is -2.36. The predicted molar refractivity (Wildman–Crippen MR) is 172 cm³/mol. The van der Waals surface area contributed by atoms with E-state index < -0.39 is 27.0 Å². The summed E-state index contributed by atoms with van der Waals surface area (Å²) in [4.78, 5) is 27.4. The molecule has 2 aliphatic heterocycles. The first kappa shape index (κ1) is 33.2. The smallest absolute Gasteiger partial charge is 0.243 e. The molecule has 2 unspecified atom stereocenters. The molecule has 5 atom stereocenters. The molecule has 3 N–H and O–H groups in total. The van der Waals surface area contributed by atoms with Gasteiger partial charge in [-0.05, 0) is 60.8 Å². The molecule has 0 radical (unpaired) electrons. The summed E-state index contributed by atoms with van der Waals surface area (Å²) in [5.74, 6) is 0.326. The van der Waals surface area contributed by atoms with Crippen LogP contribution >= 0.6 is 0 Å². The highest BCUT2D eigenvalue weighted by molar-refractivity contribution is 7.89. The van der Waals surface area contributed by atoms with Gasteiger partial charge in [0.2, 0.25) is 28.6 Å². The normalized spacial score (nSPS) is 24.0. The Balaban J connectivity index is 1.43. The van der Waals surface area contributed by atoms with Gasteiger partial charge in [0.25, 0.3) is 0 Å². The number of hydrogen-bond donors (Lipinski definition) is 3. The molecule has 3 aliphatic rings. The van der Waals surface area contributed by atoms with Gasteiger partial charge in [-0.2, -0.15) is 4.31 Å². The second-order valence-corrected chi connectivity index (χ2v) is 16.2. The van der Waals surface area contributed by atoms with Gasteiger partial charge in [-0.3, -0.25) is 9.59 Å². The number of sulfonamides is 1. The molecule has 1 saturated carbocycles. The zero-order valence-corrected chi connectivity index (χ0v) is 28.1. The van der Waals surface area contributed by atoms with Crippen LogP contribution in [0.1, 0.15) is 72.3 Å². The van der Waals surface area contributed by atoms with Crippen LogP contribution in [0.2, 0.25) is 0 Å². The fourth-order valence-corrected chi connectivity index (χ4v) is 8.35. The molecule has 0 bridgehead atoms. The van der Waals surface area contributed by atoms with Gasteiger partial charge in [-0.1, -0.05) is 71.9 Å². The molecule has 0 aromatic heterocycles. The number of rotatable bonds is 12. The number of nitrogens with one attached hydrogen (secondary N) is 3. The fraction of sp³-hybridized carbons (Fsp3) is 0.588. The zero-order valence-electron chi connectivity index (χ0n) is 27.3. The van der Waals surface area contributed by atoms with Gasteiger partial charge in [0.15, 0.2) is 11.5 Å². The van der Waals surface area contributed by atoms with E-state index in [0.29, 0.717) is 24.5 Å². The minimum atomic E-state index is -3.90. The Bertz CT molecular complexity index is 1490. The molecular weight excluding hydrogens is 592 g/mol. The third-order valence-corrected chi connectivity index (χ3v) is 11.1. The lowest BCUT2D eigenvalue weighted by atomic mass is 9.84. The highest BCUT2D eigenvalue weighted by Crippen LogP contribution is 2.56. The van der Waals surface area contributed by atoms with Crippen LogP contribution in [-0.4, -0.2) is 68.6 Å². The lowest BCUT2D eigenvalue weighted by molar-refractivity contribution is -0.133. The summed E-state index contributed by atoms with van der Waals surface area (Å²) in [6.07, 6.45) is 2.33. The zero-order chi connectivity index (χ0) is 32.6. The summed E-state index contributed by atoms with van der Waals surface area (Å²) in [5, 5.41) is 9.62. The van der Waals surface area contributed by atoms with Crippen LogP contribution in [0.3, 0.4) is 0 Å². The Kier molecular flexibility index (Phi) is 9.54. The van der Waals surface area contributed by atoms with E-state index in [4.69, 9.17) is 9.47 Å². The van der Waals surface area contributed by atoms with E-state index in [1.165, 1.54) is 10.4 Å². The third-order valence-electron chi connectivity index (χ3n) is 9.26. The van der Waals surface area contributed by atoms with Crippen LogP contribution < -0.4 is 25.4 Å². The van der Waals surface area contributed by atoms with E-state index >= 15 is 0 Å². The standard InChI is InChI=1S/C34H48N4O6S/c1-22(2)19-38(45(41,42)25-14-15-28-29(17-25)44-21-43-28)20-23(3)34(18-26(34)24-11-8-7-9-12-24)37-32(40)30(33(4,5)6)36-31(39)27-13-10-16-35-27/h7-9,11-12,14-15,17,22-23,26-27,30,35H,10,13,16,18-21H2,1-6H3,(H,36,39)(H,37,40)/t23-,26?,27+,30-,34?/m1/s1. The van der Waals surface area contributed by atoms with Crippen LogP contribution in [0, 0.1) is 17.3 Å². The van der Waals surface area contributed by atoms with Crippen molar-refractivity contribution in [1.82, 2.24) is 20.3 Å². The van der Waals surface area contributed by atoms with Crippen molar-refractivity contribution < 1.29 is 27.5 Å². The van der Waals surface area contributed by atoms with Crippen LogP contribution in [-0.2, 0) is 19.6 Å². The first-order valence-electron chi connectivity index (χ1n) is 16.0. The first-order valence-corrected chi connectivity index (χ1v) is 17.5. The minimum absolute atomic E-state index is 0.000356. The second-order valence-electron chi connectivity index (χ2n) is 14.3. The molecule has 0 spiro atoms.